The summed E-state index contributed by atoms with van der Waals surface area (Å²) in [7, 11) is 8.50. The second kappa shape index (κ2) is 5.48. The molecule has 0 saturated heterocycles. The van der Waals surface area contributed by atoms with Crippen molar-refractivity contribution in [1.29, 1.82) is 0 Å². The maximum atomic E-state index is 8.34. The number of nitrogens with zero attached hydrogens (tertiary/aromatic N) is 1. The van der Waals surface area contributed by atoms with E-state index in [0.29, 0.717) is 6.42 Å². The van der Waals surface area contributed by atoms with Gasteiger partial charge in [0.15, 0.2) is 0 Å². The third-order valence-electron chi connectivity index (χ3n) is 0.953. The van der Waals surface area contributed by atoms with Crippen molar-refractivity contribution >= 4 is 0 Å². The smallest absolute Gasteiger partial charge is 0.0871 e. The van der Waals surface area contributed by atoms with Gasteiger partial charge in [0.2, 0.25) is 0 Å². The van der Waals surface area contributed by atoms with Crippen LogP contribution >= 0.6 is 0 Å². The van der Waals surface area contributed by atoms with Crippen molar-refractivity contribution in [2.45, 2.75) is 19.0 Å². The minimum Gasteiger partial charge on any atom is -0.393 e. The molecule has 0 fully saturated rings. The zero-order chi connectivity index (χ0) is 10.4. The summed E-state index contributed by atoms with van der Waals surface area (Å²) in [4.78, 5) is 0. The molecule has 0 radical (unpaired) electrons. The number of nitrogens with two attached hydrogens (primary N) is 2. The summed E-state index contributed by atoms with van der Waals surface area (Å²) in [5, 5.41) is 8.34. The topological polar surface area (TPSA) is 72.3 Å². The fourth-order valence-electron chi connectivity index (χ4n) is 0.112. The van der Waals surface area contributed by atoms with Gasteiger partial charge < -0.3 is 21.1 Å². The zero-order valence-electron chi connectivity index (χ0n) is 8.96. The zero-order valence-corrected chi connectivity index (χ0v) is 8.96. The van der Waals surface area contributed by atoms with Crippen LogP contribution in [0.15, 0.2) is 0 Å². The lowest BCUT2D eigenvalue weighted by atomic mass is 10.1. The van der Waals surface area contributed by atoms with Crippen molar-refractivity contribution in [3.05, 3.63) is 0 Å². The van der Waals surface area contributed by atoms with Crippen LogP contribution in [-0.4, -0.2) is 50.0 Å². The number of rotatable bonds is 2. The van der Waals surface area contributed by atoms with Crippen LogP contribution in [0.1, 0.15) is 13.3 Å². The number of hydrogen-bond donors (Lipinski definition) is 3. The molecule has 0 saturated carbocycles. The van der Waals surface area contributed by atoms with E-state index in [9.17, 15) is 0 Å². The predicted octanol–water partition coefficient (Wildman–Crippen LogP) is -0.675. The van der Waals surface area contributed by atoms with Crippen molar-refractivity contribution in [1.82, 2.24) is 0 Å². The van der Waals surface area contributed by atoms with Crippen molar-refractivity contribution in [2.75, 3.05) is 34.8 Å². The molecule has 0 heterocycles. The highest BCUT2D eigenvalue weighted by molar-refractivity contribution is 4.71. The highest BCUT2D eigenvalue weighted by atomic mass is 16.3. The Morgan fingerprint density at radius 3 is 1.42 bits per heavy atom. The van der Waals surface area contributed by atoms with E-state index in [0.717, 1.165) is 4.48 Å². The van der Waals surface area contributed by atoms with E-state index in [1.807, 2.05) is 6.92 Å². The first kappa shape index (κ1) is 14.4. The van der Waals surface area contributed by atoms with Crippen LogP contribution in [0, 0.1) is 0 Å². The summed E-state index contributed by atoms with van der Waals surface area (Å²) in [6.07, 6.45) is 0.601. The van der Waals surface area contributed by atoms with E-state index in [1.54, 1.807) is 0 Å². The first-order valence-electron chi connectivity index (χ1n) is 4.10. The SMILES string of the molecule is CCC(N)(N)CO.C[N+](C)(C)C. The average molecular weight is 178 g/mol. The quantitative estimate of drug-likeness (QED) is 0.388. The molecule has 4 nitrogen and oxygen atoms in total. The van der Waals surface area contributed by atoms with Gasteiger partial charge in [-0.15, -0.1) is 0 Å². The molecule has 0 rings (SSSR count). The fourth-order valence-corrected chi connectivity index (χ4v) is 0.112. The summed E-state index contributed by atoms with van der Waals surface area (Å²) in [6.45, 7) is 1.68. The lowest BCUT2D eigenvalue weighted by Crippen LogP contribution is -2.51. The lowest BCUT2D eigenvalue weighted by molar-refractivity contribution is -0.849. The molecule has 76 valence electrons. The van der Waals surface area contributed by atoms with E-state index in [2.05, 4.69) is 28.2 Å². The molecule has 0 spiro atoms. The summed E-state index contributed by atoms with van der Waals surface area (Å²) >= 11 is 0. The van der Waals surface area contributed by atoms with E-state index in [-0.39, 0.29) is 6.61 Å². The predicted molar refractivity (Wildman–Crippen MR) is 52.4 cm³/mol. The van der Waals surface area contributed by atoms with Crippen LogP contribution in [0.25, 0.3) is 0 Å². The Hall–Kier alpha value is -0.160. The number of aliphatic hydroxyl groups is 1. The molecule has 4 heteroatoms. The van der Waals surface area contributed by atoms with E-state index < -0.39 is 5.66 Å². The van der Waals surface area contributed by atoms with Gasteiger partial charge in [0.25, 0.3) is 0 Å². The van der Waals surface area contributed by atoms with Gasteiger partial charge in [-0.2, -0.15) is 0 Å². The van der Waals surface area contributed by atoms with Crippen LogP contribution in [0.4, 0.5) is 0 Å². The highest BCUT2D eigenvalue weighted by Crippen LogP contribution is 1.91. The Morgan fingerprint density at radius 1 is 1.17 bits per heavy atom. The number of aliphatic hydroxyl groups excluding tert-OH is 1. The molecule has 0 aromatic heterocycles. The summed E-state index contributed by atoms with van der Waals surface area (Å²) < 4.78 is 1.00. The van der Waals surface area contributed by atoms with Gasteiger partial charge in [-0.05, 0) is 6.42 Å². The second-order valence-corrected chi connectivity index (χ2v) is 4.43. The second-order valence-electron chi connectivity index (χ2n) is 4.43. The molecular weight excluding hydrogens is 154 g/mol. The van der Waals surface area contributed by atoms with Crippen LogP contribution in [0.5, 0.6) is 0 Å². The normalized spacial score (nSPS) is 12.0. The minimum absolute atomic E-state index is 0.149. The monoisotopic (exact) mass is 178 g/mol. The maximum absolute atomic E-state index is 8.34. The summed E-state index contributed by atoms with van der Waals surface area (Å²) in [5.74, 6) is 0. The lowest BCUT2D eigenvalue weighted by Gasteiger charge is -2.17. The molecule has 0 amide bonds. The van der Waals surface area contributed by atoms with Crippen LogP contribution < -0.4 is 11.5 Å². The Morgan fingerprint density at radius 2 is 1.42 bits per heavy atom. The van der Waals surface area contributed by atoms with Gasteiger partial charge in [0.1, 0.15) is 0 Å². The minimum atomic E-state index is -0.861. The first-order chi connectivity index (χ1) is 5.12. The highest BCUT2D eigenvalue weighted by Gasteiger charge is 2.12. The van der Waals surface area contributed by atoms with Crippen LogP contribution in [0.2, 0.25) is 0 Å². The fraction of sp³-hybridized carbons (Fsp3) is 1.00. The molecule has 0 aliphatic carbocycles. The van der Waals surface area contributed by atoms with Gasteiger partial charge in [-0.1, -0.05) is 6.92 Å². The summed E-state index contributed by atoms with van der Waals surface area (Å²) in [6, 6.07) is 0. The molecular formula is C8H24N3O+. The van der Waals surface area contributed by atoms with Crippen LogP contribution in [0.3, 0.4) is 0 Å². The molecule has 0 unspecified atom stereocenters. The average Bonchev–Trinajstić information content (AvgIpc) is 1.85. The third-order valence-corrected chi connectivity index (χ3v) is 0.953. The molecule has 0 aliphatic rings. The molecule has 0 bridgehead atoms. The van der Waals surface area contributed by atoms with Gasteiger partial charge in [0, 0.05) is 0 Å². The molecule has 0 aromatic carbocycles. The Labute approximate surface area is 75.7 Å². The summed E-state index contributed by atoms with van der Waals surface area (Å²) in [5.41, 5.74) is 9.62. The Kier molecular flexibility index (Phi) is 6.56. The van der Waals surface area contributed by atoms with Gasteiger partial charge in [-0.3, -0.25) is 0 Å². The third kappa shape index (κ3) is 22.5. The van der Waals surface area contributed by atoms with Gasteiger partial charge in [-0.25, -0.2) is 0 Å². The molecule has 0 aliphatic heterocycles. The van der Waals surface area contributed by atoms with Gasteiger partial charge >= 0.3 is 0 Å². The largest absolute Gasteiger partial charge is 0.393 e. The molecule has 0 aromatic rings. The van der Waals surface area contributed by atoms with Crippen molar-refractivity contribution in [3.8, 4) is 0 Å². The van der Waals surface area contributed by atoms with Crippen molar-refractivity contribution < 1.29 is 9.59 Å². The number of quaternary nitrogens is 1. The van der Waals surface area contributed by atoms with E-state index in [4.69, 9.17) is 16.6 Å². The molecule has 5 N–H and O–H groups in total. The van der Waals surface area contributed by atoms with E-state index >= 15 is 0 Å². The standard InChI is InChI=1S/C4H12N2O.C4H12N/c1-2-4(5,6)3-7;1-5(2,3)4/h7H,2-3,5-6H2,1H3;1-4H3/q;+1. The van der Waals surface area contributed by atoms with Crippen molar-refractivity contribution in [3.63, 3.8) is 0 Å². The maximum Gasteiger partial charge on any atom is 0.0871 e. The van der Waals surface area contributed by atoms with Crippen LogP contribution in [-0.2, 0) is 0 Å². The number of hydrogen-bond acceptors (Lipinski definition) is 3. The Balaban J connectivity index is 0. The van der Waals surface area contributed by atoms with E-state index in [1.165, 1.54) is 0 Å². The Bertz CT molecular complexity index is 95.4. The van der Waals surface area contributed by atoms with Crippen molar-refractivity contribution in [2.24, 2.45) is 11.5 Å². The molecule has 0 atom stereocenters. The first-order valence-corrected chi connectivity index (χ1v) is 4.10. The van der Waals surface area contributed by atoms with Gasteiger partial charge in [0.05, 0.1) is 40.5 Å². The molecule has 12 heavy (non-hydrogen) atoms.